The van der Waals surface area contributed by atoms with Crippen molar-refractivity contribution in [1.29, 1.82) is 0 Å². The largest absolute Gasteiger partial charge is 0.497 e. The number of likely N-dealkylation sites (N-methyl/N-ethyl adjacent to an activating group) is 1. The van der Waals surface area contributed by atoms with Gasteiger partial charge in [0.05, 0.1) is 7.11 Å². The van der Waals surface area contributed by atoms with Gasteiger partial charge < -0.3 is 14.5 Å². The van der Waals surface area contributed by atoms with E-state index >= 15 is 0 Å². The van der Waals surface area contributed by atoms with Gasteiger partial charge in [-0.05, 0) is 28.8 Å². The number of nitrogens with zero attached hydrogens (tertiary/aromatic N) is 2. The maximum atomic E-state index is 12.6. The van der Waals surface area contributed by atoms with Crippen LogP contribution in [0.15, 0.2) is 48.5 Å². The lowest BCUT2D eigenvalue weighted by atomic mass is 9.98. The van der Waals surface area contributed by atoms with Crippen LogP contribution in [0.4, 0.5) is 0 Å². The molecule has 2 aromatic carbocycles. The lowest BCUT2D eigenvalue weighted by Crippen LogP contribution is -2.58. The van der Waals surface area contributed by atoms with Crippen molar-refractivity contribution in [3.63, 3.8) is 0 Å². The molecule has 0 unspecified atom stereocenters. The number of benzene rings is 2. The Morgan fingerprint density at radius 3 is 2.52 bits per heavy atom. The topological polar surface area (TPSA) is 49.9 Å². The van der Waals surface area contributed by atoms with Crippen LogP contribution in [0.3, 0.4) is 0 Å². The molecule has 0 aromatic heterocycles. The summed E-state index contributed by atoms with van der Waals surface area (Å²) < 4.78 is 5.29. The fraction of sp³-hybridized carbons (Fsp3) is 0.364. The van der Waals surface area contributed by atoms with Crippen molar-refractivity contribution in [3.05, 3.63) is 54.1 Å². The van der Waals surface area contributed by atoms with Crippen LogP contribution in [0.2, 0.25) is 0 Å². The van der Waals surface area contributed by atoms with Gasteiger partial charge in [-0.15, -0.1) is 0 Å². The molecule has 142 valence electrons. The second-order valence-corrected chi connectivity index (χ2v) is 6.85. The first-order valence-corrected chi connectivity index (χ1v) is 9.31. The zero-order valence-corrected chi connectivity index (χ0v) is 16.1. The molecule has 0 saturated carbocycles. The molecule has 0 bridgehead atoms. The van der Waals surface area contributed by atoms with Crippen molar-refractivity contribution in [2.45, 2.75) is 25.8 Å². The number of hydrogen-bond acceptors (Lipinski definition) is 3. The number of hydrogen-bond donors (Lipinski definition) is 0. The second kappa shape index (κ2) is 8.25. The number of rotatable bonds is 5. The molecule has 2 amide bonds. The van der Waals surface area contributed by atoms with Crippen LogP contribution in [-0.2, 0) is 16.0 Å². The van der Waals surface area contributed by atoms with Crippen LogP contribution < -0.4 is 4.74 Å². The molecule has 5 nitrogen and oxygen atoms in total. The van der Waals surface area contributed by atoms with Crippen LogP contribution in [-0.4, -0.2) is 54.9 Å². The zero-order valence-electron chi connectivity index (χ0n) is 16.1. The number of methoxy groups -OCH3 is 1. The van der Waals surface area contributed by atoms with E-state index in [2.05, 4.69) is 0 Å². The summed E-state index contributed by atoms with van der Waals surface area (Å²) >= 11 is 0. The molecule has 27 heavy (non-hydrogen) atoms. The van der Waals surface area contributed by atoms with E-state index < -0.39 is 6.04 Å². The molecule has 1 fully saturated rings. The van der Waals surface area contributed by atoms with E-state index in [0.717, 1.165) is 22.4 Å². The molecule has 0 N–H and O–H groups in total. The molecule has 1 saturated heterocycles. The third-order valence-corrected chi connectivity index (χ3v) is 5.12. The Balaban J connectivity index is 1.79. The Morgan fingerprint density at radius 2 is 1.85 bits per heavy atom. The average Bonchev–Trinajstić information content (AvgIpc) is 2.71. The van der Waals surface area contributed by atoms with Crippen molar-refractivity contribution in [1.82, 2.24) is 9.80 Å². The molecule has 3 rings (SSSR count). The Labute approximate surface area is 160 Å². The van der Waals surface area contributed by atoms with E-state index in [1.165, 1.54) is 0 Å². The van der Waals surface area contributed by atoms with Gasteiger partial charge in [0.15, 0.2) is 0 Å². The number of ether oxygens (including phenoxy) is 1. The summed E-state index contributed by atoms with van der Waals surface area (Å²) in [4.78, 5) is 28.4. The highest BCUT2D eigenvalue weighted by Crippen LogP contribution is 2.25. The monoisotopic (exact) mass is 366 g/mol. The highest BCUT2D eigenvalue weighted by molar-refractivity contribution is 5.89. The molecule has 1 aliphatic rings. The second-order valence-electron chi connectivity index (χ2n) is 6.85. The predicted octanol–water partition coefficient (Wildman–Crippen LogP) is 2.98. The first-order valence-electron chi connectivity index (χ1n) is 9.31. The number of carbonyl (C=O) groups excluding carboxylic acids is 2. The SMILES string of the molecule is CCC(=O)N1CCN(C)C(=O)[C@H]1Cc1ccc(-c2cccc(OC)c2)cc1. The summed E-state index contributed by atoms with van der Waals surface area (Å²) in [5.41, 5.74) is 3.22. The van der Waals surface area contributed by atoms with Gasteiger partial charge in [0.2, 0.25) is 11.8 Å². The Bertz CT molecular complexity index is 817. The highest BCUT2D eigenvalue weighted by atomic mass is 16.5. The predicted molar refractivity (Wildman–Crippen MR) is 106 cm³/mol. The molecular weight excluding hydrogens is 340 g/mol. The van der Waals surface area contributed by atoms with Crippen LogP contribution in [0.25, 0.3) is 11.1 Å². The van der Waals surface area contributed by atoms with Crippen LogP contribution in [0, 0.1) is 0 Å². The van der Waals surface area contributed by atoms with E-state index in [4.69, 9.17) is 4.74 Å². The quantitative estimate of drug-likeness (QED) is 0.817. The van der Waals surface area contributed by atoms with Gasteiger partial charge in [0.25, 0.3) is 0 Å². The van der Waals surface area contributed by atoms with E-state index in [1.54, 1.807) is 24.0 Å². The van der Waals surface area contributed by atoms with E-state index in [0.29, 0.717) is 25.9 Å². The van der Waals surface area contributed by atoms with Crippen molar-refractivity contribution in [2.24, 2.45) is 0 Å². The van der Waals surface area contributed by atoms with Crippen molar-refractivity contribution < 1.29 is 14.3 Å². The lowest BCUT2D eigenvalue weighted by Gasteiger charge is -2.39. The third kappa shape index (κ3) is 4.13. The summed E-state index contributed by atoms with van der Waals surface area (Å²) in [5.74, 6) is 0.871. The highest BCUT2D eigenvalue weighted by Gasteiger charge is 2.35. The zero-order chi connectivity index (χ0) is 19.4. The standard InChI is InChI=1S/C22H26N2O3/c1-4-21(25)24-13-12-23(2)22(26)20(24)14-16-8-10-17(11-9-16)18-6-5-7-19(15-18)27-3/h5-11,15,20H,4,12-14H2,1-3H3/t20-/m1/s1. The fourth-order valence-corrected chi connectivity index (χ4v) is 3.47. The summed E-state index contributed by atoms with van der Waals surface area (Å²) in [6.07, 6.45) is 0.954. The molecule has 0 aliphatic carbocycles. The van der Waals surface area contributed by atoms with Gasteiger partial charge >= 0.3 is 0 Å². The van der Waals surface area contributed by atoms with E-state index in [1.807, 2.05) is 55.5 Å². The molecule has 1 heterocycles. The van der Waals surface area contributed by atoms with Crippen LogP contribution >= 0.6 is 0 Å². The van der Waals surface area contributed by atoms with Crippen molar-refractivity contribution in [2.75, 3.05) is 27.2 Å². The van der Waals surface area contributed by atoms with Crippen LogP contribution in [0.5, 0.6) is 5.75 Å². The van der Waals surface area contributed by atoms with Crippen LogP contribution in [0.1, 0.15) is 18.9 Å². The third-order valence-electron chi connectivity index (χ3n) is 5.12. The minimum Gasteiger partial charge on any atom is -0.497 e. The first kappa shape index (κ1) is 19.0. The molecule has 0 radical (unpaired) electrons. The summed E-state index contributed by atoms with van der Waals surface area (Å²) in [5, 5.41) is 0. The maximum Gasteiger partial charge on any atom is 0.245 e. The van der Waals surface area contributed by atoms with E-state index in [-0.39, 0.29) is 11.8 Å². The Kier molecular flexibility index (Phi) is 5.79. The number of carbonyl (C=O) groups is 2. The van der Waals surface area contributed by atoms with E-state index in [9.17, 15) is 9.59 Å². The minimum absolute atomic E-state index is 0.0138. The lowest BCUT2D eigenvalue weighted by molar-refractivity contribution is -0.150. The molecule has 5 heteroatoms. The summed E-state index contributed by atoms with van der Waals surface area (Å²) in [7, 11) is 3.46. The first-order chi connectivity index (χ1) is 13.0. The summed E-state index contributed by atoms with van der Waals surface area (Å²) in [6, 6.07) is 15.7. The normalized spacial score (nSPS) is 17.1. The number of amides is 2. The molecule has 0 spiro atoms. The smallest absolute Gasteiger partial charge is 0.245 e. The minimum atomic E-state index is -0.418. The Morgan fingerprint density at radius 1 is 1.11 bits per heavy atom. The molecule has 1 atom stereocenters. The van der Waals surface area contributed by atoms with Crippen molar-refractivity contribution in [3.8, 4) is 16.9 Å². The van der Waals surface area contributed by atoms with Gasteiger partial charge in [-0.3, -0.25) is 9.59 Å². The average molecular weight is 366 g/mol. The van der Waals surface area contributed by atoms with Gasteiger partial charge in [-0.2, -0.15) is 0 Å². The molecule has 2 aromatic rings. The van der Waals surface area contributed by atoms with Gasteiger partial charge in [-0.1, -0.05) is 43.3 Å². The van der Waals surface area contributed by atoms with Gasteiger partial charge in [0.1, 0.15) is 11.8 Å². The van der Waals surface area contributed by atoms with Crippen molar-refractivity contribution >= 4 is 11.8 Å². The number of piperazine rings is 1. The molecule has 1 aliphatic heterocycles. The Hall–Kier alpha value is -2.82. The molecular formula is C22H26N2O3. The fourth-order valence-electron chi connectivity index (χ4n) is 3.47. The maximum absolute atomic E-state index is 12.6. The van der Waals surface area contributed by atoms with Gasteiger partial charge in [-0.25, -0.2) is 0 Å². The summed E-state index contributed by atoms with van der Waals surface area (Å²) in [6.45, 7) is 3.03. The van der Waals surface area contributed by atoms with Gasteiger partial charge in [0, 0.05) is 33.0 Å².